The van der Waals surface area contributed by atoms with Gasteiger partial charge in [-0.25, -0.2) is 0 Å². The van der Waals surface area contributed by atoms with Crippen molar-refractivity contribution in [1.82, 2.24) is 4.57 Å². The summed E-state index contributed by atoms with van der Waals surface area (Å²) in [6, 6.07) is 7.75. The third-order valence-electron chi connectivity index (χ3n) is 2.79. The third kappa shape index (κ3) is 1.56. The zero-order valence-electron chi connectivity index (χ0n) is 9.37. The zero-order valence-corrected chi connectivity index (χ0v) is 9.37. The number of hydrogen-bond donors (Lipinski definition) is 0. The molecule has 0 spiro atoms. The van der Waals surface area contributed by atoms with Crippen molar-refractivity contribution in [3.8, 4) is 0 Å². The van der Waals surface area contributed by atoms with Gasteiger partial charge in [-0.15, -0.1) is 0 Å². The number of aryl methyl sites for hydroxylation is 3. The molecule has 0 radical (unpaired) electrons. The molecule has 1 aromatic heterocycles. The Hall–Kier alpha value is -1.57. The van der Waals surface area contributed by atoms with Crippen molar-refractivity contribution >= 4 is 10.9 Å². The maximum atomic E-state index is 11.8. The molecule has 15 heavy (non-hydrogen) atoms. The van der Waals surface area contributed by atoms with Gasteiger partial charge in [0.15, 0.2) is 5.43 Å². The minimum absolute atomic E-state index is 0.121. The van der Waals surface area contributed by atoms with Crippen LogP contribution in [0.5, 0.6) is 0 Å². The second kappa shape index (κ2) is 3.54. The molecule has 2 nitrogen and oxygen atoms in total. The van der Waals surface area contributed by atoms with Crippen LogP contribution in [0.15, 0.2) is 29.1 Å². The molecule has 0 atom stereocenters. The number of hydrogen-bond acceptors (Lipinski definition) is 1. The minimum atomic E-state index is 0.121. The molecule has 0 amide bonds. The van der Waals surface area contributed by atoms with E-state index in [-0.39, 0.29) is 5.43 Å². The first-order valence-electron chi connectivity index (χ1n) is 5.24. The molecule has 0 fully saturated rings. The summed E-state index contributed by atoms with van der Waals surface area (Å²) in [5.74, 6) is 0. The van der Waals surface area contributed by atoms with Crippen LogP contribution >= 0.6 is 0 Å². The van der Waals surface area contributed by atoms with Crippen molar-refractivity contribution in [1.29, 1.82) is 0 Å². The topological polar surface area (TPSA) is 22.0 Å². The Morgan fingerprint density at radius 3 is 2.60 bits per heavy atom. The molecule has 0 aliphatic heterocycles. The first-order valence-corrected chi connectivity index (χ1v) is 5.24. The SMILES string of the molecule is CCn1c(C)cc(=O)c2cc(C)ccc21. The summed E-state index contributed by atoms with van der Waals surface area (Å²) >= 11 is 0. The molecule has 0 bridgehead atoms. The standard InChI is InChI=1S/C13H15NO/c1-4-14-10(3)8-13(15)11-7-9(2)5-6-12(11)14/h5-8H,4H2,1-3H3. The molecular formula is C13H15NO. The summed E-state index contributed by atoms with van der Waals surface area (Å²) in [7, 11) is 0. The van der Waals surface area contributed by atoms with Crippen molar-refractivity contribution in [3.63, 3.8) is 0 Å². The summed E-state index contributed by atoms with van der Waals surface area (Å²) in [6.07, 6.45) is 0. The number of pyridine rings is 1. The zero-order chi connectivity index (χ0) is 11.0. The Morgan fingerprint density at radius 2 is 1.93 bits per heavy atom. The van der Waals surface area contributed by atoms with E-state index in [2.05, 4.69) is 11.5 Å². The largest absolute Gasteiger partial charge is 0.345 e. The van der Waals surface area contributed by atoms with Crippen molar-refractivity contribution in [2.24, 2.45) is 0 Å². The van der Waals surface area contributed by atoms with E-state index < -0.39 is 0 Å². The number of benzene rings is 1. The van der Waals surface area contributed by atoms with Gasteiger partial charge in [0.25, 0.3) is 0 Å². The van der Waals surface area contributed by atoms with Crippen molar-refractivity contribution in [2.45, 2.75) is 27.3 Å². The second-order valence-corrected chi connectivity index (χ2v) is 3.91. The monoisotopic (exact) mass is 201 g/mol. The van der Waals surface area contributed by atoms with Crippen molar-refractivity contribution in [3.05, 3.63) is 45.7 Å². The Labute approximate surface area is 89.2 Å². The van der Waals surface area contributed by atoms with Gasteiger partial charge in [-0.2, -0.15) is 0 Å². The smallest absolute Gasteiger partial charge is 0.189 e. The molecule has 0 saturated carbocycles. The van der Waals surface area contributed by atoms with E-state index >= 15 is 0 Å². The van der Waals surface area contributed by atoms with E-state index in [4.69, 9.17) is 0 Å². The Morgan fingerprint density at radius 1 is 1.20 bits per heavy atom. The van der Waals surface area contributed by atoms with Crippen molar-refractivity contribution < 1.29 is 0 Å². The number of rotatable bonds is 1. The van der Waals surface area contributed by atoms with Crippen LogP contribution in [0.3, 0.4) is 0 Å². The van der Waals surface area contributed by atoms with E-state index in [9.17, 15) is 4.79 Å². The predicted octanol–water partition coefficient (Wildman–Crippen LogP) is 2.64. The molecule has 1 aromatic carbocycles. The van der Waals surface area contributed by atoms with E-state index in [1.54, 1.807) is 6.07 Å². The lowest BCUT2D eigenvalue weighted by molar-refractivity contribution is 0.758. The fourth-order valence-electron chi connectivity index (χ4n) is 2.04. The molecule has 0 saturated heterocycles. The lowest BCUT2D eigenvalue weighted by Gasteiger charge is -2.12. The molecule has 0 aliphatic carbocycles. The van der Waals surface area contributed by atoms with E-state index in [0.29, 0.717) is 0 Å². The van der Waals surface area contributed by atoms with Gasteiger partial charge in [0, 0.05) is 23.7 Å². The fraction of sp³-hybridized carbons (Fsp3) is 0.308. The minimum Gasteiger partial charge on any atom is -0.345 e. The molecule has 0 unspecified atom stereocenters. The number of fused-ring (bicyclic) bond motifs is 1. The van der Waals surface area contributed by atoms with Gasteiger partial charge in [0.1, 0.15) is 0 Å². The number of nitrogens with zero attached hydrogens (tertiary/aromatic N) is 1. The highest BCUT2D eigenvalue weighted by Gasteiger charge is 2.04. The molecule has 2 aromatic rings. The average molecular weight is 201 g/mol. The van der Waals surface area contributed by atoms with Gasteiger partial charge in [-0.3, -0.25) is 4.79 Å². The lowest BCUT2D eigenvalue weighted by atomic mass is 10.1. The van der Waals surface area contributed by atoms with E-state index in [1.165, 1.54) is 0 Å². The fourth-order valence-corrected chi connectivity index (χ4v) is 2.04. The van der Waals surface area contributed by atoms with Gasteiger partial charge in [-0.05, 0) is 32.9 Å². The van der Waals surface area contributed by atoms with Crippen LogP contribution in [-0.2, 0) is 6.54 Å². The lowest BCUT2D eigenvalue weighted by Crippen LogP contribution is -2.11. The highest BCUT2D eigenvalue weighted by molar-refractivity contribution is 5.80. The Bertz CT molecular complexity index is 566. The Kier molecular flexibility index (Phi) is 2.35. The van der Waals surface area contributed by atoms with Gasteiger partial charge >= 0.3 is 0 Å². The summed E-state index contributed by atoms with van der Waals surface area (Å²) in [5, 5.41) is 0.822. The van der Waals surface area contributed by atoms with Crippen LogP contribution in [0.1, 0.15) is 18.2 Å². The molecular weight excluding hydrogens is 186 g/mol. The highest BCUT2D eigenvalue weighted by atomic mass is 16.1. The maximum Gasteiger partial charge on any atom is 0.189 e. The number of aromatic nitrogens is 1. The molecule has 0 N–H and O–H groups in total. The van der Waals surface area contributed by atoms with Crippen LogP contribution < -0.4 is 5.43 Å². The normalized spacial score (nSPS) is 10.9. The summed E-state index contributed by atoms with van der Waals surface area (Å²) in [6.45, 7) is 6.97. The second-order valence-electron chi connectivity index (χ2n) is 3.91. The van der Waals surface area contributed by atoms with E-state index in [1.807, 2.05) is 32.0 Å². The van der Waals surface area contributed by atoms with Gasteiger partial charge < -0.3 is 4.57 Å². The van der Waals surface area contributed by atoms with Crippen LogP contribution in [0.2, 0.25) is 0 Å². The average Bonchev–Trinajstić information content (AvgIpc) is 2.19. The molecule has 2 rings (SSSR count). The molecule has 0 aliphatic rings. The summed E-state index contributed by atoms with van der Waals surface area (Å²) < 4.78 is 2.16. The molecule has 2 heteroatoms. The third-order valence-corrected chi connectivity index (χ3v) is 2.79. The summed E-state index contributed by atoms with van der Waals surface area (Å²) in [4.78, 5) is 11.8. The van der Waals surface area contributed by atoms with Crippen LogP contribution in [0, 0.1) is 13.8 Å². The molecule has 1 heterocycles. The maximum absolute atomic E-state index is 11.8. The van der Waals surface area contributed by atoms with Crippen LogP contribution in [0.25, 0.3) is 10.9 Å². The first kappa shape index (κ1) is 9.97. The Balaban J connectivity index is 2.96. The quantitative estimate of drug-likeness (QED) is 0.695. The van der Waals surface area contributed by atoms with Crippen LogP contribution in [0.4, 0.5) is 0 Å². The summed E-state index contributed by atoms with van der Waals surface area (Å²) in [5.41, 5.74) is 3.31. The van der Waals surface area contributed by atoms with Gasteiger partial charge in [0.05, 0.1) is 5.52 Å². The first-order chi connectivity index (χ1) is 7.13. The molecule has 78 valence electrons. The van der Waals surface area contributed by atoms with Gasteiger partial charge in [0.2, 0.25) is 0 Å². The van der Waals surface area contributed by atoms with Crippen molar-refractivity contribution in [2.75, 3.05) is 0 Å². The predicted molar refractivity (Wildman–Crippen MR) is 63.4 cm³/mol. The highest BCUT2D eigenvalue weighted by Crippen LogP contribution is 2.14. The van der Waals surface area contributed by atoms with Crippen LogP contribution in [-0.4, -0.2) is 4.57 Å². The van der Waals surface area contributed by atoms with E-state index in [0.717, 1.165) is 28.7 Å². The van der Waals surface area contributed by atoms with Gasteiger partial charge in [-0.1, -0.05) is 11.6 Å².